The van der Waals surface area contributed by atoms with Crippen LogP contribution in [0.15, 0.2) is 48.2 Å². The van der Waals surface area contributed by atoms with E-state index in [-0.39, 0.29) is 11.5 Å². The van der Waals surface area contributed by atoms with Crippen LogP contribution in [0.4, 0.5) is 0 Å². The van der Waals surface area contributed by atoms with E-state index in [1.165, 1.54) is 0 Å². The molecule has 0 bridgehead atoms. The number of methoxy groups -OCH3 is 3. The van der Waals surface area contributed by atoms with Crippen molar-refractivity contribution >= 4 is 23.5 Å². The predicted octanol–water partition coefficient (Wildman–Crippen LogP) is 5.64. The maximum atomic E-state index is 13.4. The summed E-state index contributed by atoms with van der Waals surface area (Å²) in [6, 6.07) is 13.1. The van der Waals surface area contributed by atoms with Gasteiger partial charge in [-0.3, -0.25) is 9.69 Å². The Morgan fingerprint density at radius 3 is 2.36 bits per heavy atom. The average Bonchev–Trinajstić information content (AvgIpc) is 3.20. The minimum Gasteiger partial charge on any atom is -0.496 e. The van der Waals surface area contributed by atoms with Crippen LogP contribution in [0.25, 0.3) is 6.08 Å². The van der Waals surface area contributed by atoms with Gasteiger partial charge in [-0.15, -0.1) is 0 Å². The summed E-state index contributed by atoms with van der Waals surface area (Å²) in [5.74, 6) is 2.89. The molecule has 2 aliphatic heterocycles. The van der Waals surface area contributed by atoms with Crippen LogP contribution in [0, 0.1) is 6.92 Å². The molecule has 36 heavy (non-hydrogen) atoms. The first-order valence-electron chi connectivity index (χ1n) is 11.4. The Bertz CT molecular complexity index is 1370. The first-order chi connectivity index (χ1) is 17.4. The molecule has 0 saturated carbocycles. The van der Waals surface area contributed by atoms with Crippen molar-refractivity contribution in [3.63, 3.8) is 0 Å². The molecule has 0 spiro atoms. The van der Waals surface area contributed by atoms with E-state index in [1.54, 1.807) is 39.5 Å². The number of rotatable bonds is 6. The molecule has 186 valence electrons. The highest BCUT2D eigenvalue weighted by atomic mass is 35.5. The van der Waals surface area contributed by atoms with Crippen molar-refractivity contribution in [1.82, 2.24) is 4.90 Å². The molecule has 5 rings (SSSR count). The molecule has 0 aromatic heterocycles. The maximum Gasteiger partial charge on any atom is 0.231 e. The number of carbonyl (C=O) groups is 1. The fraction of sp³-hybridized carbons (Fsp3) is 0.250. The summed E-state index contributed by atoms with van der Waals surface area (Å²) in [5, 5.41) is 0.707. The van der Waals surface area contributed by atoms with Crippen LogP contribution in [0.5, 0.6) is 28.7 Å². The van der Waals surface area contributed by atoms with Crippen molar-refractivity contribution in [3.8, 4) is 28.7 Å². The third kappa shape index (κ3) is 4.36. The number of allylic oxidation sites excluding steroid dienone is 1. The van der Waals surface area contributed by atoms with Crippen molar-refractivity contribution in [2.45, 2.75) is 20.0 Å². The first kappa shape index (κ1) is 24.0. The molecular formula is C28H26ClNO6. The van der Waals surface area contributed by atoms with Crippen LogP contribution in [0.3, 0.4) is 0 Å². The number of fused-ring (bicyclic) bond motifs is 2. The van der Waals surface area contributed by atoms with Crippen molar-refractivity contribution in [2.75, 3.05) is 28.1 Å². The fourth-order valence-electron chi connectivity index (χ4n) is 4.55. The highest BCUT2D eigenvalue weighted by molar-refractivity contribution is 6.30. The molecule has 2 aliphatic rings. The molecule has 2 heterocycles. The quantitative estimate of drug-likeness (QED) is 0.400. The van der Waals surface area contributed by atoms with E-state index in [9.17, 15) is 4.79 Å². The molecule has 3 aromatic rings. The summed E-state index contributed by atoms with van der Waals surface area (Å²) in [7, 11) is 4.66. The Balaban J connectivity index is 1.44. The summed E-state index contributed by atoms with van der Waals surface area (Å²) in [6.07, 6.45) is 1.66. The van der Waals surface area contributed by atoms with Crippen LogP contribution in [-0.4, -0.2) is 38.7 Å². The lowest BCUT2D eigenvalue weighted by molar-refractivity contribution is 0.0876. The van der Waals surface area contributed by atoms with Crippen molar-refractivity contribution < 1.29 is 28.5 Å². The zero-order chi connectivity index (χ0) is 25.4. The molecule has 0 radical (unpaired) electrons. The normalized spacial score (nSPS) is 15.7. The van der Waals surface area contributed by atoms with Gasteiger partial charge in [0.15, 0.2) is 17.3 Å². The second kappa shape index (κ2) is 9.76. The second-order valence-electron chi connectivity index (χ2n) is 8.64. The highest BCUT2D eigenvalue weighted by Gasteiger charge is 2.34. The second-order valence-corrected chi connectivity index (χ2v) is 9.08. The van der Waals surface area contributed by atoms with Crippen LogP contribution in [0.2, 0.25) is 5.02 Å². The number of ether oxygens (including phenoxy) is 5. The molecule has 0 amide bonds. The summed E-state index contributed by atoms with van der Waals surface area (Å²) in [5.41, 5.74) is 4.06. The van der Waals surface area contributed by atoms with Gasteiger partial charge in [0, 0.05) is 40.9 Å². The van der Waals surface area contributed by atoms with Gasteiger partial charge in [-0.1, -0.05) is 23.7 Å². The lowest BCUT2D eigenvalue weighted by Gasteiger charge is -2.30. The SMILES string of the molecule is COc1cc(OC)c(OC)cc1/C=C1\Oc2c(cc3c(c2C)OCN(Cc2ccc(Cl)cc2)C3)C1=O. The van der Waals surface area contributed by atoms with Gasteiger partial charge in [0.25, 0.3) is 0 Å². The summed E-state index contributed by atoms with van der Waals surface area (Å²) in [4.78, 5) is 15.5. The third-order valence-corrected chi connectivity index (χ3v) is 6.60. The van der Waals surface area contributed by atoms with E-state index in [2.05, 4.69) is 4.90 Å². The molecule has 0 N–H and O–H groups in total. The van der Waals surface area contributed by atoms with Crippen LogP contribution < -0.4 is 23.7 Å². The number of Topliss-reactive ketones (excluding diaryl/α,β-unsaturated/α-hetero) is 1. The monoisotopic (exact) mass is 507 g/mol. The van der Waals surface area contributed by atoms with E-state index in [0.29, 0.717) is 59.0 Å². The molecule has 7 nitrogen and oxygen atoms in total. The van der Waals surface area contributed by atoms with E-state index in [0.717, 1.165) is 22.4 Å². The molecule has 0 unspecified atom stereocenters. The zero-order valence-electron chi connectivity index (χ0n) is 20.5. The van der Waals surface area contributed by atoms with Gasteiger partial charge < -0.3 is 23.7 Å². The molecule has 0 atom stereocenters. The zero-order valence-corrected chi connectivity index (χ0v) is 21.3. The van der Waals surface area contributed by atoms with Gasteiger partial charge in [-0.2, -0.15) is 0 Å². The Morgan fingerprint density at radius 1 is 0.972 bits per heavy atom. The molecular weight excluding hydrogens is 482 g/mol. The first-order valence-corrected chi connectivity index (χ1v) is 11.8. The van der Waals surface area contributed by atoms with Crippen LogP contribution >= 0.6 is 11.6 Å². The molecule has 0 fully saturated rings. The van der Waals surface area contributed by atoms with Gasteiger partial charge in [0.2, 0.25) is 5.78 Å². The standard InChI is InChI=1S/C28H26ClNO6/c1-16-27-19(14-30(15-35-27)13-17-5-7-20(29)8-6-17)9-21-26(31)25(36-28(16)21)11-18-10-23(33-3)24(34-4)12-22(18)32-2/h5-12H,13-15H2,1-4H3/b25-11-. The van der Waals surface area contributed by atoms with Crippen LogP contribution in [-0.2, 0) is 13.1 Å². The number of carbonyl (C=O) groups excluding carboxylic acids is 1. The van der Waals surface area contributed by atoms with Gasteiger partial charge >= 0.3 is 0 Å². The lowest BCUT2D eigenvalue weighted by Crippen LogP contribution is -2.32. The van der Waals surface area contributed by atoms with Crippen molar-refractivity contribution in [3.05, 3.63) is 81.1 Å². The van der Waals surface area contributed by atoms with Gasteiger partial charge in [-0.25, -0.2) is 0 Å². The lowest BCUT2D eigenvalue weighted by atomic mass is 9.99. The van der Waals surface area contributed by atoms with Crippen molar-refractivity contribution in [1.29, 1.82) is 0 Å². The van der Waals surface area contributed by atoms with Crippen LogP contribution in [0.1, 0.15) is 32.6 Å². The number of halogens is 1. The Labute approximate surface area is 214 Å². The Hall–Kier alpha value is -3.68. The van der Waals surface area contributed by atoms with E-state index < -0.39 is 0 Å². The Kier molecular flexibility index (Phi) is 6.51. The number of benzene rings is 3. The maximum absolute atomic E-state index is 13.4. The van der Waals surface area contributed by atoms with Gasteiger partial charge in [0.05, 0.1) is 26.9 Å². The molecule has 0 aliphatic carbocycles. The topological polar surface area (TPSA) is 66.5 Å². The highest BCUT2D eigenvalue weighted by Crippen LogP contribution is 2.44. The minimum atomic E-state index is -0.192. The minimum absolute atomic E-state index is 0.192. The number of hydrogen-bond donors (Lipinski definition) is 0. The molecule has 0 saturated heterocycles. The number of ketones is 1. The number of hydrogen-bond acceptors (Lipinski definition) is 7. The summed E-state index contributed by atoms with van der Waals surface area (Å²) < 4.78 is 28.4. The number of nitrogens with zero attached hydrogens (tertiary/aromatic N) is 1. The third-order valence-electron chi connectivity index (χ3n) is 6.34. The predicted molar refractivity (Wildman–Crippen MR) is 136 cm³/mol. The summed E-state index contributed by atoms with van der Waals surface area (Å²) >= 11 is 6.01. The van der Waals surface area contributed by atoms with E-state index >= 15 is 0 Å². The van der Waals surface area contributed by atoms with E-state index in [4.69, 9.17) is 35.3 Å². The van der Waals surface area contributed by atoms with Gasteiger partial charge in [0.1, 0.15) is 24.0 Å². The van der Waals surface area contributed by atoms with Gasteiger partial charge in [-0.05, 0) is 42.8 Å². The van der Waals surface area contributed by atoms with E-state index in [1.807, 2.05) is 37.3 Å². The Morgan fingerprint density at radius 2 is 1.67 bits per heavy atom. The smallest absolute Gasteiger partial charge is 0.231 e. The summed E-state index contributed by atoms with van der Waals surface area (Å²) in [6.45, 7) is 3.72. The fourth-order valence-corrected chi connectivity index (χ4v) is 4.68. The largest absolute Gasteiger partial charge is 0.496 e. The molecule has 3 aromatic carbocycles. The van der Waals surface area contributed by atoms with Crippen molar-refractivity contribution in [2.24, 2.45) is 0 Å². The average molecular weight is 508 g/mol. The molecule has 8 heteroatoms.